The van der Waals surface area contributed by atoms with Crippen LogP contribution in [0.15, 0.2) is 22.7 Å². The zero-order chi connectivity index (χ0) is 8.43. The topological polar surface area (TPSA) is 26.0 Å². The molecule has 0 radical (unpaired) electrons. The van der Waals surface area contributed by atoms with E-state index in [0.717, 1.165) is 10.2 Å². The molecular weight excluding hydrogens is 237 g/mol. The highest BCUT2D eigenvalue weighted by Gasteiger charge is 2.00. The number of benzene rings is 1. The van der Waals surface area contributed by atoms with E-state index in [2.05, 4.69) is 41.9 Å². The predicted molar refractivity (Wildman–Crippen MR) is 59.9 cm³/mol. The monoisotopic (exact) mass is 249 g/mol. The molecule has 0 fully saturated rings. The first-order valence-corrected chi connectivity index (χ1v) is 4.45. The number of anilines is 1. The Labute approximate surface area is 87.9 Å². The normalized spacial score (nSPS) is 9.67. The van der Waals surface area contributed by atoms with E-state index < -0.39 is 0 Å². The Bertz CT molecular complexity index is 261. The zero-order valence-corrected chi connectivity index (χ0v) is 9.58. The summed E-state index contributed by atoms with van der Waals surface area (Å²) in [4.78, 5) is 0. The highest BCUT2D eigenvalue weighted by atomic mass is 79.9. The van der Waals surface area contributed by atoms with Gasteiger partial charge in [0.25, 0.3) is 0 Å². The average Bonchev–Trinajstić information content (AvgIpc) is 1.94. The van der Waals surface area contributed by atoms with Crippen molar-refractivity contribution in [3.8, 4) is 0 Å². The smallest absolute Gasteiger partial charge is 0.0458 e. The van der Waals surface area contributed by atoms with E-state index in [-0.39, 0.29) is 12.4 Å². The molecule has 0 saturated carbocycles. The lowest BCUT2D eigenvalue weighted by Gasteiger charge is -2.06. The lowest BCUT2D eigenvalue weighted by Crippen LogP contribution is -1.90. The van der Waals surface area contributed by atoms with Gasteiger partial charge in [-0.3, -0.25) is 0 Å². The van der Waals surface area contributed by atoms with Gasteiger partial charge in [0.05, 0.1) is 0 Å². The number of halogens is 2. The highest BCUT2D eigenvalue weighted by Crippen LogP contribution is 2.24. The molecule has 1 rings (SSSR count). The molecule has 0 aliphatic heterocycles. The Hall–Kier alpha value is -0.210. The van der Waals surface area contributed by atoms with Gasteiger partial charge in [0.15, 0.2) is 0 Å². The van der Waals surface area contributed by atoms with Crippen molar-refractivity contribution in [2.24, 2.45) is 0 Å². The van der Waals surface area contributed by atoms with Crippen molar-refractivity contribution in [1.29, 1.82) is 0 Å². The van der Waals surface area contributed by atoms with E-state index in [1.165, 1.54) is 5.56 Å². The summed E-state index contributed by atoms with van der Waals surface area (Å²) in [5.74, 6) is 0.562. The van der Waals surface area contributed by atoms with Crippen LogP contribution in [0.25, 0.3) is 0 Å². The van der Waals surface area contributed by atoms with Gasteiger partial charge in [-0.1, -0.05) is 19.9 Å². The summed E-state index contributed by atoms with van der Waals surface area (Å²) in [6.45, 7) is 4.33. The first-order valence-electron chi connectivity index (χ1n) is 3.66. The SMILES string of the molecule is CC(C)c1ccc(N)c(Br)c1.Cl. The fraction of sp³-hybridized carbons (Fsp3) is 0.333. The van der Waals surface area contributed by atoms with Gasteiger partial charge in [0.2, 0.25) is 0 Å². The molecule has 0 aromatic heterocycles. The lowest BCUT2D eigenvalue weighted by molar-refractivity contribution is 0.866. The van der Waals surface area contributed by atoms with Crippen molar-refractivity contribution in [2.75, 3.05) is 5.73 Å². The van der Waals surface area contributed by atoms with Crippen molar-refractivity contribution in [2.45, 2.75) is 19.8 Å². The van der Waals surface area contributed by atoms with E-state index in [1.807, 2.05) is 6.07 Å². The quantitative estimate of drug-likeness (QED) is 0.758. The second kappa shape index (κ2) is 4.73. The predicted octanol–water partition coefficient (Wildman–Crippen LogP) is 3.58. The molecule has 1 aromatic carbocycles. The van der Waals surface area contributed by atoms with Crippen molar-refractivity contribution in [3.63, 3.8) is 0 Å². The van der Waals surface area contributed by atoms with Gasteiger partial charge < -0.3 is 5.73 Å². The maximum atomic E-state index is 5.64. The summed E-state index contributed by atoms with van der Waals surface area (Å²) >= 11 is 3.39. The standard InChI is InChI=1S/C9H12BrN.ClH/c1-6(2)7-3-4-9(11)8(10)5-7;/h3-6H,11H2,1-2H3;1H. The van der Waals surface area contributed by atoms with Crippen LogP contribution in [-0.4, -0.2) is 0 Å². The van der Waals surface area contributed by atoms with Crippen LogP contribution in [0.2, 0.25) is 0 Å². The molecule has 0 aliphatic rings. The fourth-order valence-electron chi connectivity index (χ4n) is 0.903. The fourth-order valence-corrected chi connectivity index (χ4v) is 1.30. The molecule has 0 bridgehead atoms. The molecule has 0 spiro atoms. The van der Waals surface area contributed by atoms with Crippen LogP contribution < -0.4 is 5.73 Å². The molecule has 2 N–H and O–H groups in total. The third kappa shape index (κ3) is 2.68. The van der Waals surface area contributed by atoms with Crippen LogP contribution in [0, 0.1) is 0 Å². The molecule has 1 nitrogen and oxygen atoms in total. The molecule has 3 heteroatoms. The van der Waals surface area contributed by atoms with Crippen LogP contribution in [0.5, 0.6) is 0 Å². The summed E-state index contributed by atoms with van der Waals surface area (Å²) in [5.41, 5.74) is 7.75. The molecule has 1 aromatic rings. The summed E-state index contributed by atoms with van der Waals surface area (Å²) in [7, 11) is 0. The minimum absolute atomic E-state index is 0. The van der Waals surface area contributed by atoms with Gasteiger partial charge in [-0.15, -0.1) is 12.4 Å². The second-order valence-electron chi connectivity index (χ2n) is 2.94. The van der Waals surface area contributed by atoms with Gasteiger partial charge in [-0.25, -0.2) is 0 Å². The van der Waals surface area contributed by atoms with Crippen LogP contribution in [0.3, 0.4) is 0 Å². The van der Waals surface area contributed by atoms with Crippen molar-refractivity contribution < 1.29 is 0 Å². The first kappa shape index (κ1) is 11.8. The summed E-state index contributed by atoms with van der Waals surface area (Å²) in [5, 5.41) is 0. The van der Waals surface area contributed by atoms with Crippen molar-refractivity contribution >= 4 is 34.0 Å². The average molecular weight is 251 g/mol. The number of rotatable bonds is 1. The molecule has 0 unspecified atom stereocenters. The van der Waals surface area contributed by atoms with Crippen molar-refractivity contribution in [1.82, 2.24) is 0 Å². The number of nitrogen functional groups attached to an aromatic ring is 1. The third-order valence-electron chi connectivity index (χ3n) is 1.69. The Kier molecular flexibility index (Phi) is 4.64. The minimum Gasteiger partial charge on any atom is -0.398 e. The van der Waals surface area contributed by atoms with Crippen LogP contribution in [0.4, 0.5) is 5.69 Å². The van der Waals surface area contributed by atoms with E-state index in [4.69, 9.17) is 5.73 Å². The molecule has 12 heavy (non-hydrogen) atoms. The number of hydrogen-bond acceptors (Lipinski definition) is 1. The zero-order valence-electron chi connectivity index (χ0n) is 7.17. The maximum absolute atomic E-state index is 5.64. The molecule has 68 valence electrons. The minimum atomic E-state index is 0. The van der Waals surface area contributed by atoms with Crippen LogP contribution in [0.1, 0.15) is 25.3 Å². The van der Waals surface area contributed by atoms with E-state index in [0.29, 0.717) is 5.92 Å². The Morgan fingerprint density at radius 3 is 2.33 bits per heavy atom. The Morgan fingerprint density at radius 2 is 1.92 bits per heavy atom. The summed E-state index contributed by atoms with van der Waals surface area (Å²) < 4.78 is 0.990. The largest absolute Gasteiger partial charge is 0.398 e. The second-order valence-corrected chi connectivity index (χ2v) is 3.79. The first-order chi connectivity index (χ1) is 5.11. The lowest BCUT2D eigenvalue weighted by atomic mass is 10.0. The summed E-state index contributed by atoms with van der Waals surface area (Å²) in [6, 6.07) is 6.06. The van der Waals surface area contributed by atoms with Gasteiger partial charge in [0.1, 0.15) is 0 Å². The van der Waals surface area contributed by atoms with Crippen LogP contribution >= 0.6 is 28.3 Å². The molecule has 0 atom stereocenters. The Balaban J connectivity index is 0.00000121. The van der Waals surface area contributed by atoms with Crippen molar-refractivity contribution in [3.05, 3.63) is 28.2 Å². The van der Waals surface area contributed by atoms with E-state index in [9.17, 15) is 0 Å². The van der Waals surface area contributed by atoms with Gasteiger partial charge >= 0.3 is 0 Å². The van der Waals surface area contributed by atoms with E-state index >= 15 is 0 Å². The van der Waals surface area contributed by atoms with Crippen LogP contribution in [-0.2, 0) is 0 Å². The number of nitrogens with two attached hydrogens (primary N) is 1. The molecule has 0 amide bonds. The molecule has 0 heterocycles. The molecule has 0 saturated heterocycles. The number of hydrogen-bond donors (Lipinski definition) is 1. The maximum Gasteiger partial charge on any atom is 0.0458 e. The van der Waals surface area contributed by atoms with Gasteiger partial charge in [-0.05, 0) is 39.5 Å². The summed E-state index contributed by atoms with van der Waals surface area (Å²) in [6.07, 6.45) is 0. The van der Waals surface area contributed by atoms with E-state index in [1.54, 1.807) is 0 Å². The van der Waals surface area contributed by atoms with Gasteiger partial charge in [0, 0.05) is 10.2 Å². The Morgan fingerprint density at radius 1 is 1.33 bits per heavy atom. The third-order valence-corrected chi connectivity index (χ3v) is 2.38. The van der Waals surface area contributed by atoms with Gasteiger partial charge in [-0.2, -0.15) is 0 Å². The molecule has 0 aliphatic carbocycles. The molecular formula is C9H13BrClN. The highest BCUT2D eigenvalue weighted by molar-refractivity contribution is 9.10.